The minimum Gasteiger partial charge on any atom is -0.355 e. The van der Waals surface area contributed by atoms with Crippen LogP contribution >= 0.6 is 0 Å². The number of nitrogens with zero attached hydrogens (tertiary/aromatic N) is 1. The summed E-state index contributed by atoms with van der Waals surface area (Å²) in [4.78, 5) is 14.2. The van der Waals surface area contributed by atoms with Gasteiger partial charge < -0.3 is 11.1 Å². The van der Waals surface area contributed by atoms with Gasteiger partial charge in [0.2, 0.25) is 5.91 Å². The first-order chi connectivity index (χ1) is 9.65. The second-order valence-electron chi connectivity index (χ2n) is 6.05. The van der Waals surface area contributed by atoms with Crippen LogP contribution in [-0.2, 0) is 4.79 Å². The second kappa shape index (κ2) is 9.35. The topological polar surface area (TPSA) is 58.4 Å². The van der Waals surface area contributed by atoms with Crippen molar-refractivity contribution in [2.24, 2.45) is 17.6 Å². The van der Waals surface area contributed by atoms with Gasteiger partial charge in [-0.15, -0.1) is 0 Å². The molecule has 0 aromatic heterocycles. The Labute approximate surface area is 124 Å². The number of hydrogen-bond acceptors (Lipinski definition) is 3. The van der Waals surface area contributed by atoms with E-state index in [0.717, 1.165) is 19.0 Å². The van der Waals surface area contributed by atoms with Crippen LogP contribution in [0.15, 0.2) is 0 Å². The highest BCUT2D eigenvalue weighted by atomic mass is 16.2. The van der Waals surface area contributed by atoms with E-state index in [9.17, 15) is 4.79 Å². The molecule has 0 aromatic carbocycles. The third-order valence-electron chi connectivity index (χ3n) is 4.66. The zero-order valence-corrected chi connectivity index (χ0v) is 13.5. The average Bonchev–Trinajstić information content (AvgIpc) is 2.45. The van der Waals surface area contributed by atoms with Crippen LogP contribution < -0.4 is 11.1 Å². The number of carbonyl (C=O) groups is 1. The summed E-state index contributed by atoms with van der Waals surface area (Å²) in [5, 5.41) is 2.91. The van der Waals surface area contributed by atoms with E-state index in [1.807, 2.05) is 6.92 Å². The first kappa shape index (κ1) is 17.4. The van der Waals surface area contributed by atoms with Gasteiger partial charge in [0.25, 0.3) is 0 Å². The predicted octanol–water partition coefficient (Wildman–Crippen LogP) is 1.99. The Morgan fingerprint density at radius 2 is 2.05 bits per heavy atom. The smallest absolute Gasteiger partial charge is 0.234 e. The van der Waals surface area contributed by atoms with Gasteiger partial charge in [0.1, 0.15) is 0 Å². The Hall–Kier alpha value is -0.610. The molecule has 1 amide bonds. The number of nitrogens with one attached hydrogen (secondary N) is 1. The van der Waals surface area contributed by atoms with Crippen LogP contribution in [0.4, 0.5) is 0 Å². The van der Waals surface area contributed by atoms with E-state index >= 15 is 0 Å². The molecule has 0 heterocycles. The molecule has 0 spiro atoms. The molecule has 0 aromatic rings. The highest BCUT2D eigenvalue weighted by molar-refractivity contribution is 5.77. The Morgan fingerprint density at radius 1 is 1.30 bits per heavy atom. The molecule has 1 saturated carbocycles. The van der Waals surface area contributed by atoms with Gasteiger partial charge in [0.15, 0.2) is 0 Å². The lowest BCUT2D eigenvalue weighted by Crippen LogP contribution is -2.50. The van der Waals surface area contributed by atoms with Crippen LogP contribution in [0, 0.1) is 11.8 Å². The van der Waals surface area contributed by atoms with Gasteiger partial charge in [-0.1, -0.05) is 33.1 Å². The molecule has 3 unspecified atom stereocenters. The number of rotatable bonds is 8. The van der Waals surface area contributed by atoms with Crippen molar-refractivity contribution in [3.05, 3.63) is 0 Å². The molecular weight excluding hydrogens is 250 g/mol. The van der Waals surface area contributed by atoms with Crippen molar-refractivity contribution in [1.82, 2.24) is 10.2 Å². The van der Waals surface area contributed by atoms with Gasteiger partial charge in [-0.25, -0.2) is 0 Å². The van der Waals surface area contributed by atoms with E-state index in [4.69, 9.17) is 5.73 Å². The summed E-state index contributed by atoms with van der Waals surface area (Å²) in [6, 6.07) is 0.484. The molecule has 1 aliphatic carbocycles. The average molecular weight is 283 g/mol. The SMILES string of the molecule is CCCC1CCC(CN)C(N(CC)CC(=O)NCC)C1. The maximum Gasteiger partial charge on any atom is 0.234 e. The Bertz CT molecular complexity index is 283. The lowest BCUT2D eigenvalue weighted by atomic mass is 9.76. The van der Waals surface area contributed by atoms with Crippen LogP contribution in [0.1, 0.15) is 52.9 Å². The summed E-state index contributed by atoms with van der Waals surface area (Å²) in [5.74, 6) is 1.51. The molecule has 20 heavy (non-hydrogen) atoms. The first-order valence-corrected chi connectivity index (χ1v) is 8.36. The van der Waals surface area contributed by atoms with Gasteiger partial charge in [0, 0.05) is 12.6 Å². The van der Waals surface area contributed by atoms with Gasteiger partial charge >= 0.3 is 0 Å². The summed E-state index contributed by atoms with van der Waals surface area (Å²) in [6.07, 6.45) is 6.31. The predicted molar refractivity (Wildman–Crippen MR) is 84.5 cm³/mol. The van der Waals surface area contributed by atoms with Crippen molar-refractivity contribution in [2.75, 3.05) is 26.2 Å². The van der Waals surface area contributed by atoms with Crippen LogP contribution in [0.2, 0.25) is 0 Å². The van der Waals surface area contributed by atoms with Crippen molar-refractivity contribution in [1.29, 1.82) is 0 Å². The zero-order chi connectivity index (χ0) is 15.0. The Morgan fingerprint density at radius 3 is 2.60 bits per heavy atom. The standard InChI is InChI=1S/C16H33N3O/c1-4-7-13-8-9-14(11-17)15(10-13)19(6-3)12-16(20)18-5-2/h13-15H,4-12,17H2,1-3H3,(H,18,20). The molecule has 4 heteroatoms. The summed E-state index contributed by atoms with van der Waals surface area (Å²) >= 11 is 0. The van der Waals surface area contributed by atoms with E-state index in [1.54, 1.807) is 0 Å². The van der Waals surface area contributed by atoms with Gasteiger partial charge in [-0.05, 0) is 44.7 Å². The zero-order valence-electron chi connectivity index (χ0n) is 13.5. The quantitative estimate of drug-likeness (QED) is 0.716. The second-order valence-corrected chi connectivity index (χ2v) is 6.05. The molecule has 118 valence electrons. The lowest BCUT2D eigenvalue weighted by Gasteiger charge is -2.42. The van der Waals surface area contributed by atoms with Gasteiger partial charge in [-0.2, -0.15) is 0 Å². The molecule has 0 radical (unpaired) electrons. The molecule has 4 nitrogen and oxygen atoms in total. The largest absolute Gasteiger partial charge is 0.355 e. The summed E-state index contributed by atoms with van der Waals surface area (Å²) in [5.41, 5.74) is 5.97. The highest BCUT2D eigenvalue weighted by Crippen LogP contribution is 2.34. The van der Waals surface area contributed by atoms with Crippen molar-refractivity contribution in [2.45, 2.75) is 58.9 Å². The third-order valence-corrected chi connectivity index (χ3v) is 4.66. The fourth-order valence-corrected chi connectivity index (χ4v) is 3.59. The molecular formula is C16H33N3O. The number of amides is 1. The fraction of sp³-hybridized carbons (Fsp3) is 0.938. The Kier molecular flexibility index (Phi) is 8.15. The molecule has 0 aliphatic heterocycles. The Balaban J connectivity index is 2.66. The van der Waals surface area contributed by atoms with Crippen LogP contribution in [0.3, 0.4) is 0 Å². The number of nitrogens with two attached hydrogens (primary N) is 1. The highest BCUT2D eigenvalue weighted by Gasteiger charge is 2.33. The number of hydrogen-bond donors (Lipinski definition) is 2. The number of carbonyl (C=O) groups excluding carboxylic acids is 1. The minimum absolute atomic E-state index is 0.141. The molecule has 1 rings (SSSR count). The van der Waals surface area contributed by atoms with Crippen molar-refractivity contribution >= 4 is 5.91 Å². The monoisotopic (exact) mass is 283 g/mol. The van der Waals surface area contributed by atoms with E-state index in [0.29, 0.717) is 25.0 Å². The van der Waals surface area contributed by atoms with Gasteiger partial charge in [-0.3, -0.25) is 9.69 Å². The van der Waals surface area contributed by atoms with E-state index in [1.165, 1.54) is 32.1 Å². The number of likely N-dealkylation sites (N-methyl/N-ethyl adjacent to an activating group) is 2. The fourth-order valence-electron chi connectivity index (χ4n) is 3.59. The van der Waals surface area contributed by atoms with Crippen molar-refractivity contribution in [3.8, 4) is 0 Å². The normalized spacial score (nSPS) is 26.8. The van der Waals surface area contributed by atoms with Crippen LogP contribution in [0.5, 0.6) is 0 Å². The molecule has 0 bridgehead atoms. The maximum atomic E-state index is 11.9. The van der Waals surface area contributed by atoms with Gasteiger partial charge in [0.05, 0.1) is 6.54 Å². The third kappa shape index (κ3) is 5.06. The van der Waals surface area contributed by atoms with E-state index in [-0.39, 0.29) is 5.91 Å². The lowest BCUT2D eigenvalue weighted by molar-refractivity contribution is -0.123. The molecule has 3 N–H and O–H groups in total. The molecule has 1 fully saturated rings. The summed E-state index contributed by atoms with van der Waals surface area (Å²) in [6.45, 7) is 9.28. The molecule has 1 aliphatic rings. The summed E-state index contributed by atoms with van der Waals surface area (Å²) in [7, 11) is 0. The summed E-state index contributed by atoms with van der Waals surface area (Å²) < 4.78 is 0. The minimum atomic E-state index is 0.141. The first-order valence-electron chi connectivity index (χ1n) is 8.36. The maximum absolute atomic E-state index is 11.9. The van der Waals surface area contributed by atoms with Crippen LogP contribution in [0.25, 0.3) is 0 Å². The van der Waals surface area contributed by atoms with Crippen molar-refractivity contribution in [3.63, 3.8) is 0 Å². The molecule has 0 saturated heterocycles. The van der Waals surface area contributed by atoms with E-state index < -0.39 is 0 Å². The molecule has 3 atom stereocenters. The van der Waals surface area contributed by atoms with Crippen molar-refractivity contribution < 1.29 is 4.79 Å². The van der Waals surface area contributed by atoms with Crippen LogP contribution in [-0.4, -0.2) is 43.0 Å². The van der Waals surface area contributed by atoms with E-state index in [2.05, 4.69) is 24.1 Å².